The van der Waals surface area contributed by atoms with E-state index in [1.54, 1.807) is 18.5 Å². The molecule has 4 rings (SSSR count). The summed E-state index contributed by atoms with van der Waals surface area (Å²) in [6.07, 6.45) is 12.2. The van der Waals surface area contributed by atoms with Crippen molar-refractivity contribution in [2.24, 2.45) is 0 Å². The lowest BCUT2D eigenvalue weighted by atomic mass is 9.84. The highest BCUT2D eigenvalue weighted by Crippen LogP contribution is 2.37. The van der Waals surface area contributed by atoms with Crippen LogP contribution < -0.4 is 5.69 Å². The van der Waals surface area contributed by atoms with Crippen LogP contribution >= 0.6 is 11.8 Å². The fourth-order valence-corrected chi connectivity index (χ4v) is 4.21. The minimum absolute atomic E-state index is 0.257. The highest BCUT2D eigenvalue weighted by Gasteiger charge is 2.23. The van der Waals surface area contributed by atoms with Crippen molar-refractivity contribution in [1.29, 1.82) is 0 Å². The molecule has 3 aromatic heterocycles. The maximum absolute atomic E-state index is 12.3. The molecule has 0 saturated heterocycles. The van der Waals surface area contributed by atoms with Gasteiger partial charge in [-0.15, -0.1) is 0 Å². The fraction of sp³-hybridized carbons (Fsp3) is 0.412. The van der Waals surface area contributed by atoms with Gasteiger partial charge in [0.15, 0.2) is 5.65 Å². The van der Waals surface area contributed by atoms with E-state index in [1.165, 1.54) is 35.8 Å². The number of aromatic amines is 1. The van der Waals surface area contributed by atoms with Gasteiger partial charge in [-0.25, -0.2) is 24.3 Å². The van der Waals surface area contributed by atoms with Crippen LogP contribution in [-0.4, -0.2) is 36.0 Å². The van der Waals surface area contributed by atoms with Crippen LogP contribution in [0.4, 0.5) is 0 Å². The van der Waals surface area contributed by atoms with Gasteiger partial charge in [-0.2, -0.15) is 11.8 Å². The van der Waals surface area contributed by atoms with E-state index in [4.69, 9.17) is 0 Å². The van der Waals surface area contributed by atoms with Gasteiger partial charge >= 0.3 is 5.69 Å². The van der Waals surface area contributed by atoms with Gasteiger partial charge in [0.1, 0.15) is 0 Å². The number of hydrogen-bond donors (Lipinski definition) is 1. The minimum atomic E-state index is -0.257. The van der Waals surface area contributed by atoms with E-state index in [9.17, 15) is 4.79 Å². The van der Waals surface area contributed by atoms with Crippen molar-refractivity contribution in [3.8, 4) is 5.95 Å². The lowest BCUT2D eigenvalue weighted by Crippen LogP contribution is -2.17. The molecule has 3 heterocycles. The first kappa shape index (κ1) is 15.4. The van der Waals surface area contributed by atoms with Gasteiger partial charge in [-0.05, 0) is 55.6 Å². The van der Waals surface area contributed by atoms with Crippen molar-refractivity contribution in [2.75, 3.05) is 6.26 Å². The molecule has 1 aliphatic rings. The largest absolute Gasteiger partial charge is 0.334 e. The highest BCUT2D eigenvalue weighted by molar-refractivity contribution is 7.99. The van der Waals surface area contributed by atoms with Crippen LogP contribution in [0.1, 0.15) is 37.2 Å². The molecule has 6 nitrogen and oxygen atoms in total. The molecule has 7 heteroatoms. The maximum atomic E-state index is 12.3. The molecule has 0 aliphatic heterocycles. The first-order chi connectivity index (χ1) is 11.8. The summed E-state index contributed by atoms with van der Waals surface area (Å²) in [4.78, 5) is 27.9. The standard InChI is InChI=1S/C17H19N5OS/c1-24-13-5-3-11(4-6-13)12-9-14-15(20-10-12)21-17(23)22(14)16-18-7-2-8-19-16/h2,7-11,13H,3-6H2,1H3,(H,20,21,23). The lowest BCUT2D eigenvalue weighted by molar-refractivity contribution is 0.453. The number of pyridine rings is 1. The third kappa shape index (κ3) is 2.73. The number of hydrogen-bond acceptors (Lipinski definition) is 5. The molecule has 1 aliphatic carbocycles. The van der Waals surface area contributed by atoms with Gasteiger partial charge in [0, 0.05) is 23.8 Å². The summed E-state index contributed by atoms with van der Waals surface area (Å²) in [5, 5.41) is 0.779. The Hall–Kier alpha value is -2.15. The van der Waals surface area contributed by atoms with Crippen LogP contribution in [0, 0.1) is 0 Å². The zero-order chi connectivity index (χ0) is 16.5. The monoisotopic (exact) mass is 341 g/mol. The van der Waals surface area contributed by atoms with Gasteiger partial charge < -0.3 is 0 Å². The van der Waals surface area contributed by atoms with Crippen molar-refractivity contribution < 1.29 is 0 Å². The second-order valence-corrected chi connectivity index (χ2v) is 7.30. The first-order valence-electron chi connectivity index (χ1n) is 8.17. The van der Waals surface area contributed by atoms with Crippen molar-refractivity contribution in [3.05, 3.63) is 46.8 Å². The Morgan fingerprint density at radius 1 is 1.17 bits per heavy atom. The summed E-state index contributed by atoms with van der Waals surface area (Å²) in [6.45, 7) is 0. The van der Waals surface area contributed by atoms with Gasteiger partial charge in [-0.1, -0.05) is 0 Å². The average molecular weight is 341 g/mol. The molecule has 1 N–H and O–H groups in total. The number of H-pyrrole nitrogens is 1. The smallest absolute Gasteiger partial charge is 0.290 e. The Kier molecular flexibility index (Phi) is 4.10. The van der Waals surface area contributed by atoms with Gasteiger partial charge in [0.05, 0.1) is 5.52 Å². The Bertz CT molecular complexity index is 896. The predicted molar refractivity (Wildman–Crippen MR) is 95.8 cm³/mol. The van der Waals surface area contributed by atoms with Crippen molar-refractivity contribution in [3.63, 3.8) is 0 Å². The van der Waals surface area contributed by atoms with Crippen molar-refractivity contribution in [2.45, 2.75) is 36.9 Å². The fourth-order valence-electron chi connectivity index (χ4n) is 3.46. The molecule has 1 fully saturated rings. The first-order valence-corrected chi connectivity index (χ1v) is 9.46. The van der Waals surface area contributed by atoms with Crippen LogP contribution in [0.5, 0.6) is 0 Å². The van der Waals surface area contributed by atoms with Crippen LogP contribution in [0.2, 0.25) is 0 Å². The van der Waals surface area contributed by atoms with Crippen molar-refractivity contribution >= 4 is 22.9 Å². The molecule has 3 aromatic rings. The summed E-state index contributed by atoms with van der Waals surface area (Å²) in [5.41, 5.74) is 2.27. The second-order valence-electron chi connectivity index (χ2n) is 6.16. The van der Waals surface area contributed by atoms with E-state index >= 15 is 0 Å². The molecule has 0 aromatic carbocycles. The maximum Gasteiger partial charge on any atom is 0.334 e. The van der Waals surface area contributed by atoms with Crippen LogP contribution in [-0.2, 0) is 0 Å². The number of aromatic nitrogens is 5. The highest BCUT2D eigenvalue weighted by atomic mass is 32.2. The normalized spacial score (nSPS) is 21.2. The SMILES string of the molecule is CSC1CCC(c2cnc3[nH]c(=O)n(-c4ncccn4)c3c2)CC1. The molecule has 0 amide bonds. The number of nitrogens with zero attached hydrogens (tertiary/aromatic N) is 4. The average Bonchev–Trinajstić information content (AvgIpc) is 2.97. The van der Waals surface area contributed by atoms with Gasteiger partial charge in [0.2, 0.25) is 5.95 Å². The molecule has 124 valence electrons. The van der Waals surface area contributed by atoms with Crippen LogP contribution in [0.25, 0.3) is 17.1 Å². The minimum Gasteiger partial charge on any atom is -0.290 e. The van der Waals surface area contributed by atoms with E-state index in [-0.39, 0.29) is 5.69 Å². The zero-order valence-electron chi connectivity index (χ0n) is 13.5. The molecule has 0 bridgehead atoms. The molecular formula is C17H19N5OS. The second kappa shape index (κ2) is 6.39. The summed E-state index contributed by atoms with van der Waals surface area (Å²) < 4.78 is 1.50. The summed E-state index contributed by atoms with van der Waals surface area (Å²) in [6, 6.07) is 3.80. The molecule has 0 spiro atoms. The summed E-state index contributed by atoms with van der Waals surface area (Å²) in [5.74, 6) is 0.888. The van der Waals surface area contributed by atoms with E-state index in [1.807, 2.05) is 18.0 Å². The van der Waals surface area contributed by atoms with Crippen LogP contribution in [0.15, 0.2) is 35.5 Å². The molecule has 0 unspecified atom stereocenters. The predicted octanol–water partition coefficient (Wildman–Crippen LogP) is 2.89. The van der Waals surface area contributed by atoms with E-state index in [0.29, 0.717) is 17.5 Å². The van der Waals surface area contributed by atoms with E-state index < -0.39 is 0 Å². The number of thioether (sulfide) groups is 1. The number of fused-ring (bicyclic) bond motifs is 1. The van der Waals surface area contributed by atoms with Crippen LogP contribution in [0.3, 0.4) is 0 Å². The number of imidazole rings is 1. The molecule has 0 atom stereocenters. The van der Waals surface area contributed by atoms with E-state index in [2.05, 4.69) is 32.3 Å². The Morgan fingerprint density at radius 2 is 1.92 bits per heavy atom. The number of rotatable bonds is 3. The Balaban J connectivity index is 1.74. The van der Waals surface area contributed by atoms with Gasteiger partial charge in [-0.3, -0.25) is 4.98 Å². The third-order valence-corrected chi connectivity index (χ3v) is 5.93. The molecule has 24 heavy (non-hydrogen) atoms. The molecule has 0 radical (unpaired) electrons. The third-order valence-electron chi connectivity index (χ3n) is 4.79. The van der Waals surface area contributed by atoms with Crippen molar-refractivity contribution in [1.82, 2.24) is 24.5 Å². The summed E-state index contributed by atoms with van der Waals surface area (Å²) >= 11 is 1.97. The lowest BCUT2D eigenvalue weighted by Gasteiger charge is -2.27. The molecule has 1 saturated carbocycles. The number of nitrogens with one attached hydrogen (secondary N) is 1. The summed E-state index contributed by atoms with van der Waals surface area (Å²) in [7, 11) is 0. The van der Waals surface area contributed by atoms with Gasteiger partial charge in [0.25, 0.3) is 0 Å². The van der Waals surface area contributed by atoms with E-state index in [0.717, 1.165) is 10.8 Å². The molecular weight excluding hydrogens is 322 g/mol. The zero-order valence-corrected chi connectivity index (χ0v) is 14.3. The topological polar surface area (TPSA) is 76.5 Å². The Labute approximate surface area is 143 Å². The Morgan fingerprint density at radius 3 is 2.62 bits per heavy atom. The quantitative estimate of drug-likeness (QED) is 0.793.